The maximum atomic E-state index is 11.6. The van der Waals surface area contributed by atoms with Crippen molar-refractivity contribution >= 4 is 9.84 Å². The summed E-state index contributed by atoms with van der Waals surface area (Å²) >= 11 is 0. The summed E-state index contributed by atoms with van der Waals surface area (Å²) in [5.74, 6) is 0.718. The smallest absolute Gasteiger partial charge is 0.150 e. The maximum Gasteiger partial charge on any atom is 0.150 e. The molecule has 0 amide bonds. The zero-order valence-corrected chi connectivity index (χ0v) is 11.2. The number of sulfone groups is 1. The Kier molecular flexibility index (Phi) is 2.94. The molecule has 3 rings (SSSR count). The summed E-state index contributed by atoms with van der Waals surface area (Å²) in [6.45, 7) is 1.000. The summed E-state index contributed by atoms with van der Waals surface area (Å²) in [6.07, 6.45) is 2.71. The van der Waals surface area contributed by atoms with Crippen molar-refractivity contribution < 1.29 is 8.42 Å². The molecular formula is C14H19NO2S. The Morgan fingerprint density at radius 3 is 2.39 bits per heavy atom. The summed E-state index contributed by atoms with van der Waals surface area (Å²) in [5.41, 5.74) is 1.46. The molecule has 2 aliphatic heterocycles. The van der Waals surface area contributed by atoms with E-state index in [4.69, 9.17) is 0 Å². The Morgan fingerprint density at radius 1 is 1.06 bits per heavy atom. The summed E-state index contributed by atoms with van der Waals surface area (Å²) in [4.78, 5) is 0. The van der Waals surface area contributed by atoms with Crippen LogP contribution in [0.5, 0.6) is 0 Å². The Balaban J connectivity index is 1.88. The van der Waals surface area contributed by atoms with E-state index in [0.717, 1.165) is 25.8 Å². The molecule has 18 heavy (non-hydrogen) atoms. The largest absolute Gasteiger partial charge is 0.309 e. The second-order valence-corrected chi connectivity index (χ2v) is 7.87. The molecule has 1 atom stereocenters. The van der Waals surface area contributed by atoms with E-state index in [-0.39, 0.29) is 5.41 Å². The van der Waals surface area contributed by atoms with Gasteiger partial charge in [0, 0.05) is 6.04 Å². The molecule has 1 aromatic rings. The summed E-state index contributed by atoms with van der Waals surface area (Å²) in [6, 6.07) is 10.8. The molecule has 1 N–H and O–H groups in total. The second-order valence-electron chi connectivity index (χ2n) is 5.56. The van der Waals surface area contributed by atoms with Crippen LogP contribution in [0.4, 0.5) is 0 Å². The van der Waals surface area contributed by atoms with Gasteiger partial charge in [-0.3, -0.25) is 0 Å². The molecule has 2 fully saturated rings. The first-order valence-corrected chi connectivity index (χ1v) is 8.42. The lowest BCUT2D eigenvalue weighted by Crippen LogP contribution is -2.37. The van der Waals surface area contributed by atoms with Gasteiger partial charge in [-0.1, -0.05) is 30.3 Å². The lowest BCUT2D eigenvalue weighted by molar-refractivity contribution is 0.222. The third-order valence-corrected chi connectivity index (χ3v) is 6.19. The van der Waals surface area contributed by atoms with Gasteiger partial charge in [0.25, 0.3) is 0 Å². The molecule has 1 aromatic carbocycles. The fourth-order valence-electron chi connectivity index (χ4n) is 3.43. The van der Waals surface area contributed by atoms with Crippen molar-refractivity contribution in [2.45, 2.75) is 25.3 Å². The van der Waals surface area contributed by atoms with Gasteiger partial charge in [0.05, 0.1) is 11.5 Å². The van der Waals surface area contributed by atoms with Crippen molar-refractivity contribution in [2.24, 2.45) is 5.41 Å². The van der Waals surface area contributed by atoms with E-state index in [0.29, 0.717) is 17.5 Å². The summed E-state index contributed by atoms with van der Waals surface area (Å²) in [5, 5.41) is 3.57. The fraction of sp³-hybridized carbons (Fsp3) is 0.571. The average Bonchev–Trinajstić information content (AvgIpc) is 2.79. The van der Waals surface area contributed by atoms with Crippen LogP contribution in [0.2, 0.25) is 0 Å². The molecule has 2 heterocycles. The zero-order valence-electron chi connectivity index (χ0n) is 10.4. The third-order valence-electron chi connectivity index (χ3n) is 4.54. The first kappa shape index (κ1) is 12.2. The van der Waals surface area contributed by atoms with E-state index in [1.807, 2.05) is 6.07 Å². The molecule has 1 unspecified atom stereocenters. The van der Waals surface area contributed by atoms with Crippen LogP contribution in [0.15, 0.2) is 30.3 Å². The minimum atomic E-state index is -2.78. The number of benzene rings is 1. The zero-order chi connectivity index (χ0) is 12.6. The van der Waals surface area contributed by atoms with Gasteiger partial charge in [-0.2, -0.15) is 0 Å². The Labute approximate surface area is 109 Å². The van der Waals surface area contributed by atoms with E-state index in [1.54, 1.807) is 0 Å². The molecule has 4 heteroatoms. The lowest BCUT2D eigenvalue weighted by Gasteiger charge is -2.38. The van der Waals surface area contributed by atoms with Crippen LogP contribution in [0.1, 0.15) is 30.9 Å². The van der Waals surface area contributed by atoms with E-state index < -0.39 is 9.84 Å². The molecule has 98 valence electrons. The fourth-order valence-corrected chi connectivity index (χ4v) is 5.07. The Hall–Kier alpha value is -0.870. The van der Waals surface area contributed by atoms with Gasteiger partial charge in [0.15, 0.2) is 0 Å². The molecule has 2 saturated heterocycles. The van der Waals surface area contributed by atoms with Crippen LogP contribution in [0, 0.1) is 5.41 Å². The van der Waals surface area contributed by atoms with Gasteiger partial charge in [0.1, 0.15) is 9.84 Å². The Morgan fingerprint density at radius 2 is 1.72 bits per heavy atom. The molecule has 3 nitrogen and oxygen atoms in total. The van der Waals surface area contributed by atoms with Crippen molar-refractivity contribution in [2.75, 3.05) is 18.1 Å². The molecule has 0 bridgehead atoms. The minimum Gasteiger partial charge on any atom is -0.309 e. The first-order valence-electron chi connectivity index (χ1n) is 6.60. The van der Waals surface area contributed by atoms with Gasteiger partial charge in [-0.25, -0.2) is 8.42 Å². The van der Waals surface area contributed by atoms with E-state index in [9.17, 15) is 8.42 Å². The van der Waals surface area contributed by atoms with Crippen LogP contribution in [0.3, 0.4) is 0 Å². The quantitative estimate of drug-likeness (QED) is 0.844. The normalized spacial score (nSPS) is 29.4. The van der Waals surface area contributed by atoms with Crippen LogP contribution >= 0.6 is 0 Å². The number of hydrogen-bond acceptors (Lipinski definition) is 3. The number of nitrogens with one attached hydrogen (secondary N) is 1. The van der Waals surface area contributed by atoms with Gasteiger partial charge >= 0.3 is 0 Å². The van der Waals surface area contributed by atoms with Gasteiger partial charge < -0.3 is 5.32 Å². The minimum absolute atomic E-state index is 0.159. The van der Waals surface area contributed by atoms with Crippen molar-refractivity contribution in [3.8, 4) is 0 Å². The van der Waals surface area contributed by atoms with Crippen molar-refractivity contribution in [3.63, 3.8) is 0 Å². The highest BCUT2D eigenvalue weighted by Crippen LogP contribution is 2.49. The maximum absolute atomic E-state index is 11.6. The molecule has 0 saturated carbocycles. The highest BCUT2D eigenvalue weighted by molar-refractivity contribution is 7.91. The Bertz CT molecular complexity index is 510. The summed E-state index contributed by atoms with van der Waals surface area (Å²) < 4.78 is 23.2. The van der Waals surface area contributed by atoms with Gasteiger partial charge in [-0.15, -0.1) is 0 Å². The average molecular weight is 265 g/mol. The van der Waals surface area contributed by atoms with Crippen molar-refractivity contribution in [3.05, 3.63) is 35.9 Å². The molecule has 2 aliphatic rings. The highest BCUT2D eigenvalue weighted by atomic mass is 32.2. The third kappa shape index (κ3) is 2.08. The molecular weight excluding hydrogens is 246 g/mol. The van der Waals surface area contributed by atoms with E-state index >= 15 is 0 Å². The van der Waals surface area contributed by atoms with Crippen LogP contribution in [-0.2, 0) is 9.84 Å². The number of rotatable bonds is 1. The van der Waals surface area contributed by atoms with Crippen LogP contribution < -0.4 is 5.32 Å². The molecule has 0 aliphatic carbocycles. The topological polar surface area (TPSA) is 46.2 Å². The molecule has 0 aromatic heterocycles. The predicted molar refractivity (Wildman–Crippen MR) is 72.1 cm³/mol. The van der Waals surface area contributed by atoms with Crippen LogP contribution in [0.25, 0.3) is 0 Å². The van der Waals surface area contributed by atoms with Gasteiger partial charge in [0.2, 0.25) is 0 Å². The second kappa shape index (κ2) is 4.35. The van der Waals surface area contributed by atoms with Crippen molar-refractivity contribution in [1.82, 2.24) is 5.32 Å². The van der Waals surface area contributed by atoms with E-state index in [1.165, 1.54) is 5.56 Å². The predicted octanol–water partition coefficient (Wildman–Crippen LogP) is 1.92. The SMILES string of the molecule is O=S1(=O)CCC2(CCNC2c2ccccc2)CC1. The van der Waals surface area contributed by atoms with Gasteiger partial charge in [-0.05, 0) is 36.8 Å². The van der Waals surface area contributed by atoms with Crippen LogP contribution in [-0.4, -0.2) is 26.5 Å². The highest BCUT2D eigenvalue weighted by Gasteiger charge is 2.46. The van der Waals surface area contributed by atoms with Crippen molar-refractivity contribution in [1.29, 1.82) is 0 Å². The monoisotopic (exact) mass is 265 g/mol. The molecule has 1 spiro atoms. The standard InChI is InChI=1S/C14H19NO2S/c16-18(17)10-7-14(8-11-18)6-9-15-13(14)12-4-2-1-3-5-12/h1-5,13,15H,6-11H2. The number of hydrogen-bond donors (Lipinski definition) is 1. The molecule has 0 radical (unpaired) electrons. The summed E-state index contributed by atoms with van der Waals surface area (Å²) in [7, 11) is -2.78. The first-order chi connectivity index (χ1) is 8.61. The van der Waals surface area contributed by atoms with E-state index in [2.05, 4.69) is 29.6 Å². The lowest BCUT2D eigenvalue weighted by atomic mass is 9.73.